The second-order valence-electron chi connectivity index (χ2n) is 7.32. The predicted molar refractivity (Wildman–Crippen MR) is 117 cm³/mol. The van der Waals surface area contributed by atoms with Crippen molar-refractivity contribution in [2.75, 3.05) is 6.61 Å². The van der Waals surface area contributed by atoms with Gasteiger partial charge in [0.2, 0.25) is 5.91 Å². The second-order valence-corrected chi connectivity index (χ2v) is 7.32. The molecule has 1 unspecified atom stereocenters. The molecular weight excluding hydrogens is 428 g/mol. The third kappa shape index (κ3) is 5.42. The number of ether oxygens (including phenoxy) is 1. The lowest BCUT2D eigenvalue weighted by molar-refractivity contribution is -0.148. The number of carbonyl (C=O) groups is 5. The summed E-state index contributed by atoms with van der Waals surface area (Å²) in [5, 5.41) is 5.44. The van der Waals surface area contributed by atoms with Crippen molar-refractivity contribution < 1.29 is 28.7 Å². The molecule has 10 nitrogen and oxygen atoms in total. The van der Waals surface area contributed by atoms with Crippen LogP contribution in [0.2, 0.25) is 0 Å². The molecule has 1 heterocycles. The molecule has 0 spiro atoms. The number of benzene rings is 2. The number of hydrogen-bond acceptors (Lipinski definition) is 6. The Labute approximate surface area is 189 Å². The first-order valence-electron chi connectivity index (χ1n) is 9.94. The van der Waals surface area contributed by atoms with Gasteiger partial charge in [0.05, 0.1) is 0 Å². The standard InChI is InChI=1S/C23H22N4O6/c1-15(28)24-18(13-16-9-5-3-6-10-16)20(30)33-14-19(29)26-27-21(31)23(2,25-22(27)32)17-11-7-4-8-12-17/h3-13H,14H2,1-2H3,(H,24,28)(H,25,32)(H,26,29). The molecule has 1 atom stereocenters. The maximum absolute atomic E-state index is 12.8. The normalized spacial score (nSPS) is 17.9. The third-order valence-corrected chi connectivity index (χ3v) is 4.75. The molecule has 0 radical (unpaired) electrons. The summed E-state index contributed by atoms with van der Waals surface area (Å²) in [6.45, 7) is 1.95. The quantitative estimate of drug-likeness (QED) is 0.330. The zero-order valence-corrected chi connectivity index (χ0v) is 18.0. The van der Waals surface area contributed by atoms with Crippen molar-refractivity contribution >= 4 is 35.8 Å². The molecule has 0 aromatic heterocycles. The summed E-state index contributed by atoms with van der Waals surface area (Å²) < 4.78 is 4.95. The van der Waals surface area contributed by atoms with Gasteiger partial charge in [-0.25, -0.2) is 9.59 Å². The highest BCUT2D eigenvalue weighted by Crippen LogP contribution is 2.27. The Balaban J connectivity index is 1.64. The number of amides is 5. The van der Waals surface area contributed by atoms with E-state index in [1.807, 2.05) is 0 Å². The van der Waals surface area contributed by atoms with E-state index in [2.05, 4.69) is 16.1 Å². The number of rotatable bonds is 7. The van der Waals surface area contributed by atoms with E-state index < -0.39 is 41.9 Å². The van der Waals surface area contributed by atoms with Crippen molar-refractivity contribution in [3.05, 3.63) is 77.5 Å². The first-order chi connectivity index (χ1) is 15.7. The summed E-state index contributed by atoms with van der Waals surface area (Å²) in [6.07, 6.45) is 1.39. The Morgan fingerprint density at radius 1 is 1.03 bits per heavy atom. The van der Waals surface area contributed by atoms with Crippen LogP contribution in [0.3, 0.4) is 0 Å². The number of hydrogen-bond donors (Lipinski definition) is 3. The van der Waals surface area contributed by atoms with Crippen LogP contribution in [-0.2, 0) is 29.5 Å². The molecule has 5 amide bonds. The van der Waals surface area contributed by atoms with E-state index in [-0.39, 0.29) is 5.70 Å². The Bertz CT molecular complexity index is 1120. The minimum Gasteiger partial charge on any atom is -0.451 e. The number of carbonyl (C=O) groups excluding carboxylic acids is 5. The smallest absolute Gasteiger partial charge is 0.355 e. The van der Waals surface area contributed by atoms with Crippen LogP contribution in [0, 0.1) is 0 Å². The zero-order chi connectivity index (χ0) is 24.0. The molecule has 1 aliphatic heterocycles. The van der Waals surface area contributed by atoms with Crippen molar-refractivity contribution in [3.8, 4) is 0 Å². The van der Waals surface area contributed by atoms with E-state index in [0.29, 0.717) is 16.1 Å². The van der Waals surface area contributed by atoms with Gasteiger partial charge in [-0.15, -0.1) is 0 Å². The van der Waals surface area contributed by atoms with Crippen LogP contribution in [0.15, 0.2) is 66.4 Å². The largest absolute Gasteiger partial charge is 0.451 e. The highest BCUT2D eigenvalue weighted by Gasteiger charge is 2.50. The summed E-state index contributed by atoms with van der Waals surface area (Å²) in [6, 6.07) is 16.4. The molecule has 0 aliphatic carbocycles. The van der Waals surface area contributed by atoms with Crippen molar-refractivity contribution in [1.29, 1.82) is 0 Å². The topological polar surface area (TPSA) is 134 Å². The van der Waals surface area contributed by atoms with E-state index >= 15 is 0 Å². The van der Waals surface area contributed by atoms with Gasteiger partial charge in [-0.3, -0.25) is 19.8 Å². The third-order valence-electron chi connectivity index (χ3n) is 4.75. The number of esters is 1. The molecule has 1 aliphatic rings. The first kappa shape index (κ1) is 23.2. The van der Waals surface area contributed by atoms with Crippen LogP contribution in [0.5, 0.6) is 0 Å². The van der Waals surface area contributed by atoms with Crippen molar-refractivity contribution in [2.24, 2.45) is 0 Å². The molecule has 0 bridgehead atoms. The summed E-state index contributed by atoms with van der Waals surface area (Å²) in [4.78, 5) is 61.2. The van der Waals surface area contributed by atoms with Gasteiger partial charge in [0, 0.05) is 6.92 Å². The second kappa shape index (κ2) is 9.77. The Kier molecular flexibility index (Phi) is 6.87. The van der Waals surface area contributed by atoms with E-state index in [1.165, 1.54) is 19.9 Å². The van der Waals surface area contributed by atoms with E-state index in [9.17, 15) is 24.0 Å². The number of hydrazine groups is 1. The monoisotopic (exact) mass is 450 g/mol. The first-order valence-corrected chi connectivity index (χ1v) is 9.94. The minimum absolute atomic E-state index is 0.173. The van der Waals surface area contributed by atoms with Crippen LogP contribution in [0.4, 0.5) is 4.79 Å². The van der Waals surface area contributed by atoms with Crippen molar-refractivity contribution in [3.63, 3.8) is 0 Å². The molecular formula is C23H22N4O6. The highest BCUT2D eigenvalue weighted by molar-refractivity contribution is 6.08. The van der Waals surface area contributed by atoms with Crippen LogP contribution in [0.25, 0.3) is 6.08 Å². The lowest BCUT2D eigenvalue weighted by Crippen LogP contribution is -2.49. The molecule has 1 fully saturated rings. The maximum Gasteiger partial charge on any atom is 0.355 e. The van der Waals surface area contributed by atoms with E-state index in [4.69, 9.17) is 4.74 Å². The van der Waals surface area contributed by atoms with Gasteiger partial charge >= 0.3 is 12.0 Å². The molecule has 3 rings (SSSR count). The minimum atomic E-state index is -1.36. The molecule has 0 saturated carbocycles. The molecule has 2 aromatic rings. The van der Waals surface area contributed by atoms with Crippen LogP contribution >= 0.6 is 0 Å². The van der Waals surface area contributed by atoms with E-state index in [0.717, 1.165) is 0 Å². The highest BCUT2D eigenvalue weighted by atomic mass is 16.5. The van der Waals surface area contributed by atoms with Gasteiger partial charge in [-0.1, -0.05) is 60.7 Å². The van der Waals surface area contributed by atoms with Gasteiger partial charge in [0.15, 0.2) is 6.61 Å². The van der Waals surface area contributed by atoms with Gasteiger partial charge in [0.1, 0.15) is 11.2 Å². The van der Waals surface area contributed by atoms with Crippen LogP contribution in [-0.4, -0.2) is 41.3 Å². The van der Waals surface area contributed by atoms with Gasteiger partial charge in [-0.2, -0.15) is 5.01 Å². The summed E-state index contributed by atoms with van der Waals surface area (Å²) in [5.41, 5.74) is 1.77. The Hall–Kier alpha value is -4.47. The molecule has 1 saturated heterocycles. The molecule has 3 N–H and O–H groups in total. The molecule has 10 heteroatoms. The predicted octanol–water partition coefficient (Wildman–Crippen LogP) is 1.21. The van der Waals surface area contributed by atoms with Crippen LogP contribution in [0.1, 0.15) is 25.0 Å². The number of nitrogens with zero attached hydrogens (tertiary/aromatic N) is 1. The lowest BCUT2D eigenvalue weighted by Gasteiger charge is -2.22. The maximum atomic E-state index is 12.8. The van der Waals surface area contributed by atoms with Crippen LogP contribution < -0.4 is 16.1 Å². The van der Waals surface area contributed by atoms with E-state index in [1.54, 1.807) is 60.7 Å². The number of urea groups is 1. The van der Waals surface area contributed by atoms with Crippen molar-refractivity contribution in [1.82, 2.24) is 21.1 Å². The van der Waals surface area contributed by atoms with Gasteiger partial charge < -0.3 is 15.4 Å². The number of nitrogens with one attached hydrogen (secondary N) is 3. The Morgan fingerprint density at radius 3 is 2.24 bits per heavy atom. The fraction of sp³-hybridized carbons (Fsp3) is 0.174. The van der Waals surface area contributed by atoms with Crippen molar-refractivity contribution in [2.45, 2.75) is 19.4 Å². The molecule has 33 heavy (non-hydrogen) atoms. The lowest BCUT2D eigenvalue weighted by atomic mass is 9.92. The SMILES string of the molecule is CC(=O)NC(=Cc1ccccc1)C(=O)OCC(=O)NN1C(=O)NC(C)(c2ccccc2)C1=O. The fourth-order valence-electron chi connectivity index (χ4n) is 3.13. The molecule has 2 aromatic carbocycles. The fourth-order valence-corrected chi connectivity index (χ4v) is 3.13. The average Bonchev–Trinajstić information content (AvgIpc) is 3.02. The summed E-state index contributed by atoms with van der Waals surface area (Å²) >= 11 is 0. The molecule has 170 valence electrons. The zero-order valence-electron chi connectivity index (χ0n) is 18.0. The Morgan fingerprint density at radius 2 is 1.64 bits per heavy atom. The average molecular weight is 450 g/mol. The van der Waals surface area contributed by atoms with Gasteiger partial charge in [-0.05, 0) is 24.1 Å². The van der Waals surface area contributed by atoms with Gasteiger partial charge in [0.25, 0.3) is 11.8 Å². The summed E-state index contributed by atoms with van der Waals surface area (Å²) in [5.74, 6) is -3.07. The summed E-state index contributed by atoms with van der Waals surface area (Å²) in [7, 11) is 0. The number of imide groups is 1.